The van der Waals surface area contributed by atoms with Gasteiger partial charge in [-0.2, -0.15) is 5.26 Å². The maximum atomic E-state index is 8.92. The molecule has 1 aromatic rings. The lowest BCUT2D eigenvalue weighted by Crippen LogP contribution is -2.18. The third kappa shape index (κ3) is 2.21. The summed E-state index contributed by atoms with van der Waals surface area (Å²) < 4.78 is 0. The Bertz CT molecular complexity index is 328. The van der Waals surface area contributed by atoms with E-state index in [1.165, 1.54) is 0 Å². The maximum absolute atomic E-state index is 8.92. The van der Waals surface area contributed by atoms with E-state index < -0.39 is 0 Å². The highest BCUT2D eigenvalue weighted by atomic mass is 35.5. The third-order valence-electron chi connectivity index (χ3n) is 1.84. The van der Waals surface area contributed by atoms with Gasteiger partial charge in [-0.1, -0.05) is 29.8 Å². The van der Waals surface area contributed by atoms with Crippen LogP contribution in [0.15, 0.2) is 24.3 Å². The van der Waals surface area contributed by atoms with Gasteiger partial charge in [-0.15, -0.1) is 0 Å². The fourth-order valence-corrected chi connectivity index (χ4v) is 1.40. The van der Waals surface area contributed by atoms with Crippen LogP contribution in [0.4, 0.5) is 0 Å². The molecule has 0 bridgehead atoms. The molecule has 0 saturated heterocycles. The minimum atomic E-state index is -0.270. The van der Waals surface area contributed by atoms with Crippen LogP contribution >= 0.6 is 11.6 Å². The molecule has 0 saturated carbocycles. The highest BCUT2D eigenvalue weighted by molar-refractivity contribution is 6.31. The molecule has 3 heteroatoms. The van der Waals surface area contributed by atoms with Crippen molar-refractivity contribution in [1.29, 1.82) is 5.26 Å². The first-order chi connectivity index (χ1) is 6.16. The Kier molecular flexibility index (Phi) is 3.30. The Morgan fingerprint density at radius 3 is 2.46 bits per heavy atom. The number of hydrogen-bond donors (Lipinski definition) is 0. The monoisotopic (exact) mass is 194 g/mol. The summed E-state index contributed by atoms with van der Waals surface area (Å²) in [7, 11) is 3.72. The molecule has 1 rings (SSSR count). The summed E-state index contributed by atoms with van der Waals surface area (Å²) in [5.74, 6) is 0. The fraction of sp³-hybridized carbons (Fsp3) is 0.300. The van der Waals surface area contributed by atoms with Crippen LogP contribution in [-0.4, -0.2) is 19.0 Å². The quantitative estimate of drug-likeness (QED) is 0.723. The molecule has 68 valence electrons. The van der Waals surface area contributed by atoms with Gasteiger partial charge in [0.1, 0.15) is 6.04 Å². The Morgan fingerprint density at radius 2 is 2.00 bits per heavy atom. The molecule has 1 aromatic carbocycles. The van der Waals surface area contributed by atoms with E-state index in [0.717, 1.165) is 5.56 Å². The van der Waals surface area contributed by atoms with E-state index in [2.05, 4.69) is 6.07 Å². The average Bonchev–Trinajstić information content (AvgIpc) is 2.09. The predicted octanol–water partition coefficient (Wildman–Crippen LogP) is 2.47. The van der Waals surface area contributed by atoms with Crippen molar-refractivity contribution in [2.24, 2.45) is 0 Å². The molecule has 0 unspecified atom stereocenters. The van der Waals surface area contributed by atoms with Crippen LogP contribution < -0.4 is 0 Å². The van der Waals surface area contributed by atoms with E-state index in [1.807, 2.05) is 37.2 Å². The van der Waals surface area contributed by atoms with Crippen molar-refractivity contribution in [3.05, 3.63) is 34.9 Å². The van der Waals surface area contributed by atoms with E-state index in [4.69, 9.17) is 16.9 Å². The van der Waals surface area contributed by atoms with E-state index in [0.29, 0.717) is 5.02 Å². The second-order valence-electron chi connectivity index (χ2n) is 3.02. The number of nitriles is 1. The van der Waals surface area contributed by atoms with Crippen LogP contribution in [0.1, 0.15) is 11.6 Å². The zero-order valence-corrected chi connectivity index (χ0v) is 8.42. The second kappa shape index (κ2) is 4.27. The largest absolute Gasteiger partial charge is 0.290 e. The Hall–Kier alpha value is -1.04. The molecule has 2 nitrogen and oxygen atoms in total. The van der Waals surface area contributed by atoms with Crippen LogP contribution in [0, 0.1) is 11.3 Å². The molecule has 0 aliphatic rings. The third-order valence-corrected chi connectivity index (χ3v) is 2.18. The summed E-state index contributed by atoms with van der Waals surface area (Å²) in [4.78, 5) is 1.83. The molecule has 1 atom stereocenters. The van der Waals surface area contributed by atoms with Crippen LogP contribution in [-0.2, 0) is 0 Å². The molecular weight excluding hydrogens is 184 g/mol. The summed E-state index contributed by atoms with van der Waals surface area (Å²) in [6.45, 7) is 0. The van der Waals surface area contributed by atoms with E-state index in [-0.39, 0.29) is 6.04 Å². The molecule has 0 aliphatic heterocycles. The fourth-order valence-electron chi connectivity index (χ4n) is 1.16. The van der Waals surface area contributed by atoms with Crippen LogP contribution in [0.3, 0.4) is 0 Å². The van der Waals surface area contributed by atoms with Gasteiger partial charge in [-0.05, 0) is 20.2 Å². The van der Waals surface area contributed by atoms with Gasteiger partial charge in [-0.25, -0.2) is 0 Å². The predicted molar refractivity (Wildman–Crippen MR) is 53.5 cm³/mol. The standard InChI is InChI=1S/C10H11ClN2/c1-13(2)10(7-12)8-5-3-4-6-9(8)11/h3-6,10H,1-2H3/t10-/m1/s1. The zero-order valence-electron chi connectivity index (χ0n) is 7.66. The van der Waals surface area contributed by atoms with Crippen molar-refractivity contribution < 1.29 is 0 Å². The molecule has 0 heterocycles. The van der Waals surface area contributed by atoms with Gasteiger partial charge in [0.05, 0.1) is 6.07 Å². The first-order valence-corrected chi connectivity index (χ1v) is 4.35. The zero-order chi connectivity index (χ0) is 9.84. The van der Waals surface area contributed by atoms with Gasteiger partial charge in [0, 0.05) is 10.6 Å². The lowest BCUT2D eigenvalue weighted by Gasteiger charge is -2.18. The van der Waals surface area contributed by atoms with Crippen molar-refractivity contribution in [2.45, 2.75) is 6.04 Å². The summed E-state index contributed by atoms with van der Waals surface area (Å²) in [5, 5.41) is 9.57. The van der Waals surface area contributed by atoms with Crippen molar-refractivity contribution in [2.75, 3.05) is 14.1 Å². The summed E-state index contributed by atoms with van der Waals surface area (Å²) in [6.07, 6.45) is 0. The summed E-state index contributed by atoms with van der Waals surface area (Å²) >= 11 is 5.96. The molecule has 0 spiro atoms. The summed E-state index contributed by atoms with van der Waals surface area (Å²) in [5.41, 5.74) is 0.858. The SMILES string of the molecule is CN(C)[C@H](C#N)c1ccccc1Cl. The highest BCUT2D eigenvalue weighted by Gasteiger charge is 2.14. The second-order valence-corrected chi connectivity index (χ2v) is 3.42. The molecule has 0 fully saturated rings. The van der Waals surface area contributed by atoms with Crippen molar-refractivity contribution in [1.82, 2.24) is 4.90 Å². The Balaban J connectivity index is 3.07. The Labute approximate surface area is 83.3 Å². The van der Waals surface area contributed by atoms with Gasteiger partial charge >= 0.3 is 0 Å². The molecule has 0 aliphatic carbocycles. The van der Waals surface area contributed by atoms with Crippen molar-refractivity contribution >= 4 is 11.6 Å². The molecule has 13 heavy (non-hydrogen) atoms. The van der Waals surface area contributed by atoms with E-state index >= 15 is 0 Å². The number of hydrogen-bond acceptors (Lipinski definition) is 2. The topological polar surface area (TPSA) is 27.0 Å². The van der Waals surface area contributed by atoms with E-state index in [1.54, 1.807) is 6.07 Å². The normalized spacial score (nSPS) is 12.5. The Morgan fingerprint density at radius 1 is 1.38 bits per heavy atom. The minimum absolute atomic E-state index is 0.270. The average molecular weight is 195 g/mol. The smallest absolute Gasteiger partial charge is 0.124 e. The number of nitrogens with zero attached hydrogens (tertiary/aromatic N) is 2. The lowest BCUT2D eigenvalue weighted by atomic mass is 10.1. The van der Waals surface area contributed by atoms with Gasteiger partial charge in [0.25, 0.3) is 0 Å². The maximum Gasteiger partial charge on any atom is 0.124 e. The number of halogens is 1. The van der Waals surface area contributed by atoms with Crippen LogP contribution in [0.2, 0.25) is 5.02 Å². The van der Waals surface area contributed by atoms with Crippen LogP contribution in [0.25, 0.3) is 0 Å². The minimum Gasteiger partial charge on any atom is -0.290 e. The van der Waals surface area contributed by atoms with Crippen molar-refractivity contribution in [3.8, 4) is 6.07 Å². The van der Waals surface area contributed by atoms with Gasteiger partial charge < -0.3 is 0 Å². The number of rotatable bonds is 2. The number of benzene rings is 1. The first-order valence-electron chi connectivity index (χ1n) is 3.97. The molecule has 0 amide bonds. The van der Waals surface area contributed by atoms with Crippen molar-refractivity contribution in [3.63, 3.8) is 0 Å². The molecule has 0 radical (unpaired) electrons. The highest BCUT2D eigenvalue weighted by Crippen LogP contribution is 2.24. The van der Waals surface area contributed by atoms with Gasteiger partial charge in [-0.3, -0.25) is 4.90 Å². The molecular formula is C10H11ClN2. The molecule has 0 N–H and O–H groups in total. The van der Waals surface area contributed by atoms with E-state index in [9.17, 15) is 0 Å². The first kappa shape index (κ1) is 10.0. The molecule has 0 aromatic heterocycles. The summed E-state index contributed by atoms with van der Waals surface area (Å²) in [6, 6.07) is 9.34. The van der Waals surface area contributed by atoms with Gasteiger partial charge in [0.15, 0.2) is 0 Å². The lowest BCUT2D eigenvalue weighted by molar-refractivity contribution is 0.358. The van der Waals surface area contributed by atoms with Gasteiger partial charge in [0.2, 0.25) is 0 Å². The van der Waals surface area contributed by atoms with Crippen LogP contribution in [0.5, 0.6) is 0 Å².